The molecule has 0 saturated heterocycles. The van der Waals surface area contributed by atoms with E-state index in [2.05, 4.69) is 25.6 Å². The van der Waals surface area contributed by atoms with Gasteiger partial charge >= 0.3 is 6.18 Å². The molecule has 0 aliphatic heterocycles. The first-order chi connectivity index (χ1) is 16.6. The fraction of sp³-hybridized carbons (Fsp3) is 0.292. The van der Waals surface area contributed by atoms with E-state index in [4.69, 9.17) is 5.73 Å². The number of halogens is 3. The first-order valence-corrected chi connectivity index (χ1v) is 10.8. The molecule has 1 saturated carbocycles. The molecule has 2 heterocycles. The van der Waals surface area contributed by atoms with Crippen molar-refractivity contribution in [1.82, 2.24) is 20.3 Å². The molecule has 0 spiro atoms. The fourth-order valence-corrected chi connectivity index (χ4v) is 3.64. The number of carbonyl (C=O) groups is 2. The zero-order chi connectivity index (χ0) is 25.2. The van der Waals surface area contributed by atoms with Crippen molar-refractivity contribution < 1.29 is 22.8 Å². The quantitative estimate of drug-likeness (QED) is 0.410. The third-order valence-corrected chi connectivity index (χ3v) is 5.84. The number of nitrogens with one attached hydrogen (secondary N) is 2. The number of anilines is 3. The number of pyridine rings is 1. The van der Waals surface area contributed by atoms with Gasteiger partial charge in [0.25, 0.3) is 0 Å². The molecule has 35 heavy (non-hydrogen) atoms. The number of Topliss-reactive ketones (excluding diaryl/α,β-unsaturated/α-hetero) is 1. The molecule has 1 aromatic carbocycles. The van der Waals surface area contributed by atoms with Crippen molar-refractivity contribution in [2.45, 2.75) is 38.9 Å². The second-order valence-electron chi connectivity index (χ2n) is 8.60. The van der Waals surface area contributed by atoms with Gasteiger partial charge in [-0.05, 0) is 44.0 Å². The van der Waals surface area contributed by atoms with Crippen LogP contribution in [0.15, 0.2) is 48.9 Å². The van der Waals surface area contributed by atoms with Crippen molar-refractivity contribution >= 4 is 29.0 Å². The zero-order valence-electron chi connectivity index (χ0n) is 18.8. The van der Waals surface area contributed by atoms with Crippen molar-refractivity contribution in [3.05, 3.63) is 71.3 Å². The number of benzene rings is 1. The molecule has 1 aliphatic rings. The van der Waals surface area contributed by atoms with E-state index in [9.17, 15) is 22.8 Å². The van der Waals surface area contributed by atoms with Crippen LogP contribution in [0.5, 0.6) is 0 Å². The van der Waals surface area contributed by atoms with Crippen molar-refractivity contribution in [1.29, 1.82) is 0 Å². The van der Waals surface area contributed by atoms with E-state index < -0.39 is 17.2 Å². The van der Waals surface area contributed by atoms with Crippen LogP contribution in [0.4, 0.5) is 30.5 Å². The lowest BCUT2D eigenvalue weighted by Gasteiger charge is -2.16. The molecule has 11 heteroatoms. The van der Waals surface area contributed by atoms with Crippen molar-refractivity contribution in [2.75, 3.05) is 11.1 Å². The summed E-state index contributed by atoms with van der Waals surface area (Å²) in [7, 11) is 0. The number of nitrogens with zero attached hydrogens (tertiary/aromatic N) is 3. The summed E-state index contributed by atoms with van der Waals surface area (Å²) in [6, 6.07) is 7.25. The number of aromatic nitrogens is 3. The van der Waals surface area contributed by atoms with Crippen molar-refractivity contribution in [2.24, 2.45) is 5.41 Å². The second-order valence-corrected chi connectivity index (χ2v) is 8.60. The molecule has 4 N–H and O–H groups in total. The Bertz CT molecular complexity index is 1240. The van der Waals surface area contributed by atoms with Gasteiger partial charge in [0.05, 0.1) is 46.4 Å². The summed E-state index contributed by atoms with van der Waals surface area (Å²) in [4.78, 5) is 37.0. The number of rotatable bonds is 8. The van der Waals surface area contributed by atoms with E-state index in [0.717, 1.165) is 6.07 Å². The molecule has 182 valence electrons. The number of hydrogen-bond acceptors (Lipinski definition) is 7. The highest BCUT2D eigenvalue weighted by Gasteiger charge is 2.51. The van der Waals surface area contributed by atoms with Crippen LogP contribution in [0.2, 0.25) is 0 Å². The minimum absolute atomic E-state index is 0.0421. The molecule has 0 bridgehead atoms. The minimum atomic E-state index is -4.49. The number of nitrogen functional groups attached to an aromatic ring is 1. The first kappa shape index (κ1) is 24.1. The van der Waals surface area contributed by atoms with Gasteiger partial charge in [0.2, 0.25) is 11.9 Å². The minimum Gasteiger partial charge on any atom is -0.368 e. The lowest BCUT2D eigenvalue weighted by atomic mass is 9.96. The molecule has 1 amide bonds. The Morgan fingerprint density at radius 2 is 1.77 bits per heavy atom. The summed E-state index contributed by atoms with van der Waals surface area (Å²) in [6.45, 7) is 1.72. The van der Waals surface area contributed by atoms with Gasteiger partial charge in [-0.2, -0.15) is 13.2 Å². The van der Waals surface area contributed by atoms with Gasteiger partial charge < -0.3 is 16.4 Å². The normalized spacial score (nSPS) is 14.3. The van der Waals surface area contributed by atoms with Gasteiger partial charge in [0.1, 0.15) is 0 Å². The van der Waals surface area contributed by atoms with E-state index in [-0.39, 0.29) is 36.3 Å². The number of hydrogen-bond donors (Lipinski definition) is 3. The number of ketones is 1. The SMILES string of the molecule is Cc1ccc(Nc2ccc(CNC(=O)C3(CC(=O)c4cnc(N)nc4)CC3)nc2)c(C(F)(F)F)c1. The third-order valence-electron chi connectivity index (χ3n) is 5.84. The number of nitrogens with two attached hydrogens (primary N) is 1. The van der Waals surface area contributed by atoms with Crippen molar-refractivity contribution in [3.63, 3.8) is 0 Å². The van der Waals surface area contributed by atoms with Gasteiger partial charge in [-0.3, -0.25) is 14.6 Å². The van der Waals surface area contributed by atoms with Crippen LogP contribution < -0.4 is 16.4 Å². The molecule has 1 aliphatic carbocycles. The smallest absolute Gasteiger partial charge is 0.368 e. The lowest BCUT2D eigenvalue weighted by Crippen LogP contribution is -2.33. The van der Waals surface area contributed by atoms with Crippen LogP contribution >= 0.6 is 0 Å². The Morgan fingerprint density at radius 3 is 2.37 bits per heavy atom. The standard InChI is InChI=1S/C24H23F3N6O2/c1-14-2-5-19(18(8-14)24(25,26)27)33-17-4-3-16(29-13-17)12-30-21(35)23(6-7-23)9-20(34)15-10-31-22(28)32-11-15/h2-5,8,10-11,13,33H,6-7,9,12H2,1H3,(H,30,35)(H2,28,31,32). The van der Waals surface area contributed by atoms with Crippen LogP contribution in [0, 0.1) is 12.3 Å². The molecular weight excluding hydrogens is 461 g/mol. The van der Waals surface area contributed by atoms with Crippen LogP contribution in [0.3, 0.4) is 0 Å². The maximum atomic E-state index is 13.3. The molecule has 3 aromatic rings. The maximum Gasteiger partial charge on any atom is 0.418 e. The Hall–Kier alpha value is -4.02. The molecule has 1 fully saturated rings. The number of alkyl halides is 3. The van der Waals surface area contributed by atoms with Gasteiger partial charge in [0, 0.05) is 18.8 Å². The van der Waals surface area contributed by atoms with Gasteiger partial charge in [0.15, 0.2) is 5.78 Å². The lowest BCUT2D eigenvalue weighted by molar-refractivity contribution is -0.137. The third kappa shape index (κ3) is 5.73. The van der Waals surface area contributed by atoms with Crippen LogP contribution in [-0.2, 0) is 17.5 Å². The molecule has 2 aromatic heterocycles. The van der Waals surface area contributed by atoms with E-state index in [1.807, 2.05) is 0 Å². The second kappa shape index (κ2) is 9.32. The predicted octanol–water partition coefficient (Wildman–Crippen LogP) is 4.19. The summed E-state index contributed by atoms with van der Waals surface area (Å²) in [6.07, 6.45) is 0.814. The Labute approximate surface area is 199 Å². The average Bonchev–Trinajstić information content (AvgIpc) is 3.60. The van der Waals surface area contributed by atoms with E-state index in [0.29, 0.717) is 35.3 Å². The van der Waals surface area contributed by atoms with Crippen LogP contribution in [-0.4, -0.2) is 26.6 Å². The highest BCUT2D eigenvalue weighted by Crippen LogP contribution is 2.49. The zero-order valence-corrected chi connectivity index (χ0v) is 18.8. The summed E-state index contributed by atoms with van der Waals surface area (Å²) >= 11 is 0. The highest BCUT2D eigenvalue weighted by atomic mass is 19.4. The first-order valence-electron chi connectivity index (χ1n) is 10.8. The van der Waals surface area contributed by atoms with Gasteiger partial charge in [-0.25, -0.2) is 9.97 Å². The van der Waals surface area contributed by atoms with E-state index >= 15 is 0 Å². The molecule has 8 nitrogen and oxygen atoms in total. The predicted molar refractivity (Wildman–Crippen MR) is 123 cm³/mol. The van der Waals surface area contributed by atoms with Gasteiger partial charge in [-0.1, -0.05) is 11.6 Å². The maximum absolute atomic E-state index is 13.3. The fourth-order valence-electron chi connectivity index (χ4n) is 3.64. The van der Waals surface area contributed by atoms with Gasteiger partial charge in [-0.15, -0.1) is 0 Å². The van der Waals surface area contributed by atoms with Crippen molar-refractivity contribution in [3.8, 4) is 0 Å². The number of amides is 1. The topological polar surface area (TPSA) is 123 Å². The highest BCUT2D eigenvalue weighted by molar-refractivity contribution is 6.00. The summed E-state index contributed by atoms with van der Waals surface area (Å²) < 4.78 is 40.0. The summed E-state index contributed by atoms with van der Waals surface area (Å²) in [5, 5.41) is 5.55. The molecule has 0 atom stereocenters. The van der Waals surface area contributed by atoms with E-state index in [1.165, 1.54) is 24.7 Å². The number of carbonyl (C=O) groups excluding carboxylic acids is 2. The van der Waals surface area contributed by atoms with Crippen LogP contribution in [0.25, 0.3) is 0 Å². The Morgan fingerprint density at radius 1 is 1.06 bits per heavy atom. The number of aryl methyl sites for hydroxylation is 1. The molecular formula is C24H23F3N6O2. The Kier molecular flexibility index (Phi) is 6.42. The molecule has 0 unspecified atom stereocenters. The molecule has 4 rings (SSSR count). The summed E-state index contributed by atoms with van der Waals surface area (Å²) in [5.41, 5.74) is 5.54. The van der Waals surface area contributed by atoms with Crippen LogP contribution in [0.1, 0.15) is 46.4 Å². The largest absolute Gasteiger partial charge is 0.418 e. The Balaban J connectivity index is 1.34. The summed E-state index contributed by atoms with van der Waals surface area (Å²) in [5.74, 6) is -0.421. The monoisotopic (exact) mass is 484 g/mol. The molecule has 0 radical (unpaired) electrons. The average molecular weight is 484 g/mol. The van der Waals surface area contributed by atoms with E-state index in [1.54, 1.807) is 25.1 Å².